The molecule has 1 aromatic heterocycles. The molecule has 0 fully saturated rings. The van der Waals surface area contributed by atoms with E-state index in [9.17, 15) is 14.4 Å². The van der Waals surface area contributed by atoms with Crippen molar-refractivity contribution in [3.8, 4) is 0 Å². The molecule has 0 atom stereocenters. The number of aromatic nitrogens is 1. The molecule has 0 bridgehead atoms. The molecule has 0 aliphatic rings. The molecule has 96 valence electrons. The summed E-state index contributed by atoms with van der Waals surface area (Å²) in [4.78, 5) is 36.1. The van der Waals surface area contributed by atoms with Gasteiger partial charge in [0, 0.05) is 11.8 Å². The summed E-state index contributed by atoms with van der Waals surface area (Å²) in [6.45, 7) is 0. The van der Waals surface area contributed by atoms with Crippen LogP contribution in [0.15, 0.2) is 47.3 Å². The highest BCUT2D eigenvalue weighted by Gasteiger charge is 2.08. The molecule has 6 nitrogen and oxygen atoms in total. The first-order valence-corrected chi connectivity index (χ1v) is 5.40. The lowest BCUT2D eigenvalue weighted by molar-refractivity contribution is 0.0696. The number of rotatable bonds is 3. The van der Waals surface area contributed by atoms with Gasteiger partial charge in [0.1, 0.15) is 5.69 Å². The molecular weight excluding hydrogens is 248 g/mol. The van der Waals surface area contributed by atoms with Crippen LogP contribution >= 0.6 is 0 Å². The van der Waals surface area contributed by atoms with E-state index >= 15 is 0 Å². The fourth-order valence-electron chi connectivity index (χ4n) is 1.51. The maximum absolute atomic E-state index is 11.8. The molecule has 1 amide bonds. The highest BCUT2D eigenvalue weighted by atomic mass is 16.4. The third-order valence-electron chi connectivity index (χ3n) is 2.38. The van der Waals surface area contributed by atoms with Crippen LogP contribution in [0.2, 0.25) is 0 Å². The summed E-state index contributed by atoms with van der Waals surface area (Å²) in [7, 11) is 0. The zero-order chi connectivity index (χ0) is 13.8. The average Bonchev–Trinajstić information content (AvgIpc) is 2.39. The van der Waals surface area contributed by atoms with Crippen LogP contribution in [0.4, 0.5) is 5.69 Å². The van der Waals surface area contributed by atoms with Crippen LogP contribution in [-0.4, -0.2) is 22.0 Å². The van der Waals surface area contributed by atoms with Crippen molar-refractivity contribution in [1.29, 1.82) is 0 Å². The number of benzene rings is 1. The number of H-pyrrole nitrogens is 1. The predicted octanol–water partition coefficient (Wildman–Crippen LogP) is 1.33. The second-order valence-electron chi connectivity index (χ2n) is 3.77. The van der Waals surface area contributed by atoms with Gasteiger partial charge in [0.25, 0.3) is 5.91 Å². The first-order valence-electron chi connectivity index (χ1n) is 5.40. The third-order valence-corrected chi connectivity index (χ3v) is 2.38. The van der Waals surface area contributed by atoms with Crippen LogP contribution in [0.25, 0.3) is 0 Å². The van der Waals surface area contributed by atoms with Gasteiger partial charge < -0.3 is 15.4 Å². The number of anilines is 1. The first-order chi connectivity index (χ1) is 9.06. The normalized spacial score (nSPS) is 9.89. The van der Waals surface area contributed by atoms with Crippen molar-refractivity contribution < 1.29 is 14.7 Å². The largest absolute Gasteiger partial charge is 0.478 e. The van der Waals surface area contributed by atoms with E-state index in [-0.39, 0.29) is 16.8 Å². The molecule has 19 heavy (non-hydrogen) atoms. The lowest BCUT2D eigenvalue weighted by atomic mass is 10.2. The summed E-state index contributed by atoms with van der Waals surface area (Å²) >= 11 is 0. The van der Waals surface area contributed by atoms with Crippen molar-refractivity contribution >= 4 is 17.6 Å². The Balaban J connectivity index is 2.22. The summed E-state index contributed by atoms with van der Waals surface area (Å²) < 4.78 is 0. The fraction of sp³-hybridized carbons (Fsp3) is 0. The van der Waals surface area contributed by atoms with Gasteiger partial charge in [0.2, 0.25) is 5.56 Å². The Labute approximate surface area is 107 Å². The molecule has 0 aliphatic heterocycles. The maximum atomic E-state index is 11.8. The summed E-state index contributed by atoms with van der Waals surface area (Å²) in [6.07, 6.45) is 0. The summed E-state index contributed by atoms with van der Waals surface area (Å²) in [5.74, 6) is -1.59. The lowest BCUT2D eigenvalue weighted by Crippen LogP contribution is -2.18. The monoisotopic (exact) mass is 258 g/mol. The first kappa shape index (κ1) is 12.6. The number of hydrogen-bond donors (Lipinski definition) is 3. The van der Waals surface area contributed by atoms with Crippen molar-refractivity contribution in [2.24, 2.45) is 0 Å². The number of amides is 1. The molecule has 0 unspecified atom stereocenters. The van der Waals surface area contributed by atoms with Crippen molar-refractivity contribution in [3.63, 3.8) is 0 Å². The second kappa shape index (κ2) is 5.18. The number of aromatic amines is 1. The van der Waals surface area contributed by atoms with E-state index < -0.39 is 11.9 Å². The van der Waals surface area contributed by atoms with Crippen molar-refractivity contribution in [3.05, 3.63) is 64.1 Å². The number of carbonyl (C=O) groups excluding carboxylic acids is 1. The van der Waals surface area contributed by atoms with Crippen molar-refractivity contribution in [2.75, 3.05) is 5.32 Å². The van der Waals surface area contributed by atoms with Crippen molar-refractivity contribution in [2.45, 2.75) is 0 Å². The maximum Gasteiger partial charge on any atom is 0.335 e. The number of carboxylic acid groups (broad SMARTS) is 1. The van der Waals surface area contributed by atoms with Crippen LogP contribution in [0, 0.1) is 0 Å². The zero-order valence-electron chi connectivity index (χ0n) is 9.71. The number of aromatic carboxylic acids is 1. The van der Waals surface area contributed by atoms with Gasteiger partial charge in [0.05, 0.1) is 5.56 Å². The highest BCUT2D eigenvalue weighted by molar-refractivity contribution is 6.03. The zero-order valence-corrected chi connectivity index (χ0v) is 9.71. The van der Waals surface area contributed by atoms with Crippen LogP contribution in [-0.2, 0) is 0 Å². The molecule has 0 saturated heterocycles. The van der Waals surface area contributed by atoms with Crippen LogP contribution in [0.1, 0.15) is 20.8 Å². The summed E-state index contributed by atoms with van der Waals surface area (Å²) in [5.41, 5.74) is 0.133. The molecular formula is C13H10N2O4. The van der Waals surface area contributed by atoms with E-state index in [0.717, 1.165) is 0 Å². The molecule has 0 radical (unpaired) electrons. The Bertz CT molecular complexity index is 691. The van der Waals surface area contributed by atoms with Gasteiger partial charge in [-0.15, -0.1) is 0 Å². The second-order valence-corrected chi connectivity index (χ2v) is 3.77. The molecule has 3 N–H and O–H groups in total. The predicted molar refractivity (Wildman–Crippen MR) is 68.4 cm³/mol. The minimum absolute atomic E-state index is 0.0688. The molecule has 2 rings (SSSR count). The van der Waals surface area contributed by atoms with E-state index in [4.69, 9.17) is 5.11 Å². The Morgan fingerprint density at radius 3 is 2.53 bits per heavy atom. The van der Waals surface area contributed by atoms with Crippen molar-refractivity contribution in [1.82, 2.24) is 4.98 Å². The van der Waals surface area contributed by atoms with E-state index in [1.165, 1.54) is 36.4 Å². The fourth-order valence-corrected chi connectivity index (χ4v) is 1.51. The number of nitrogens with one attached hydrogen (secondary N) is 2. The molecule has 0 spiro atoms. The Morgan fingerprint density at radius 1 is 1.11 bits per heavy atom. The van der Waals surface area contributed by atoms with Gasteiger partial charge in [-0.25, -0.2) is 4.79 Å². The average molecular weight is 258 g/mol. The molecule has 6 heteroatoms. The Kier molecular flexibility index (Phi) is 3.42. The molecule has 0 saturated carbocycles. The summed E-state index contributed by atoms with van der Waals surface area (Å²) in [6, 6.07) is 10.0. The minimum Gasteiger partial charge on any atom is -0.478 e. The molecule has 0 aliphatic carbocycles. The summed E-state index contributed by atoms with van der Waals surface area (Å²) in [5, 5.41) is 11.3. The van der Waals surface area contributed by atoms with Crippen LogP contribution in [0.3, 0.4) is 0 Å². The van der Waals surface area contributed by atoms with Crippen LogP contribution in [0.5, 0.6) is 0 Å². The quantitative estimate of drug-likeness (QED) is 0.773. The van der Waals surface area contributed by atoms with Crippen LogP contribution < -0.4 is 10.9 Å². The van der Waals surface area contributed by atoms with E-state index in [1.807, 2.05) is 0 Å². The van der Waals surface area contributed by atoms with Gasteiger partial charge in [-0.1, -0.05) is 12.1 Å². The molecule has 1 aromatic carbocycles. The Morgan fingerprint density at radius 2 is 1.84 bits per heavy atom. The Hall–Kier alpha value is -2.89. The standard InChI is InChI=1S/C13H10N2O4/c16-11-6-2-5-10(15-11)12(17)14-9-4-1-3-8(7-9)13(18)19/h1-7H,(H,14,17)(H,15,16)(H,18,19). The number of hydrogen-bond acceptors (Lipinski definition) is 3. The molecule has 2 aromatic rings. The lowest BCUT2D eigenvalue weighted by Gasteiger charge is -2.05. The van der Waals surface area contributed by atoms with E-state index in [0.29, 0.717) is 5.69 Å². The number of carboxylic acids is 1. The van der Waals surface area contributed by atoms with E-state index in [2.05, 4.69) is 10.3 Å². The van der Waals surface area contributed by atoms with Gasteiger partial charge in [-0.05, 0) is 24.3 Å². The van der Waals surface area contributed by atoms with E-state index in [1.54, 1.807) is 6.07 Å². The number of carbonyl (C=O) groups is 2. The topological polar surface area (TPSA) is 99.3 Å². The van der Waals surface area contributed by atoms with Gasteiger partial charge in [-0.3, -0.25) is 9.59 Å². The third kappa shape index (κ3) is 3.06. The van der Waals surface area contributed by atoms with Gasteiger partial charge >= 0.3 is 5.97 Å². The molecule has 1 heterocycles. The number of pyridine rings is 1. The van der Waals surface area contributed by atoms with Gasteiger partial charge in [0.15, 0.2) is 0 Å². The SMILES string of the molecule is O=C(O)c1cccc(NC(=O)c2cccc(=O)[nH]2)c1. The highest BCUT2D eigenvalue weighted by Crippen LogP contribution is 2.11. The minimum atomic E-state index is -1.08. The van der Waals surface area contributed by atoms with Gasteiger partial charge in [-0.2, -0.15) is 0 Å². The smallest absolute Gasteiger partial charge is 0.335 e.